The van der Waals surface area contributed by atoms with Crippen LogP contribution >= 0.6 is 11.3 Å². The number of hydrogen-bond acceptors (Lipinski definition) is 6. The van der Waals surface area contributed by atoms with Gasteiger partial charge in [0.15, 0.2) is 5.78 Å². The third kappa shape index (κ3) is 8.14. The number of aliphatic carboxylic acids is 2. The number of carbonyl (C=O) groups is 3. The van der Waals surface area contributed by atoms with E-state index in [1.54, 1.807) is 6.92 Å². The van der Waals surface area contributed by atoms with Crippen LogP contribution in [0.2, 0.25) is 0 Å². The van der Waals surface area contributed by atoms with Gasteiger partial charge in [-0.1, -0.05) is 0 Å². The molecule has 0 spiro atoms. The zero-order chi connectivity index (χ0) is 20.4. The third-order valence-corrected chi connectivity index (χ3v) is 4.57. The third-order valence-electron chi connectivity index (χ3n) is 3.54. The molecule has 2 aromatic heterocycles. The van der Waals surface area contributed by atoms with Crippen LogP contribution in [0.25, 0.3) is 11.4 Å². The fraction of sp³-hybridized carbons (Fsp3) is 0.444. The van der Waals surface area contributed by atoms with E-state index in [1.165, 1.54) is 24.2 Å². The second kappa shape index (κ2) is 11.2. The highest BCUT2D eigenvalue weighted by atomic mass is 32.1. The Hall–Kier alpha value is -2.52. The molecule has 3 heterocycles. The number of nitrogens with zero attached hydrogens (tertiary/aromatic N) is 2. The first-order valence-electron chi connectivity index (χ1n) is 8.44. The molecule has 0 radical (unpaired) electrons. The summed E-state index contributed by atoms with van der Waals surface area (Å²) in [6, 6.07) is 2.41. The van der Waals surface area contributed by atoms with Crippen LogP contribution < -0.4 is 5.32 Å². The van der Waals surface area contributed by atoms with Crippen molar-refractivity contribution in [2.45, 2.75) is 39.7 Å². The number of aromatic nitrogens is 2. The van der Waals surface area contributed by atoms with E-state index in [4.69, 9.17) is 19.8 Å². The zero-order valence-electron chi connectivity index (χ0n) is 15.6. The number of carbonyl (C=O) groups excluding carboxylic acids is 1. The molecule has 1 aliphatic rings. The fourth-order valence-corrected chi connectivity index (χ4v) is 3.33. The number of Topliss-reactive ketones (excluding diaryl/α,β-unsaturated/α-hetero) is 1. The predicted molar refractivity (Wildman–Crippen MR) is 103 cm³/mol. The minimum atomic E-state index is -0.833. The molecular weight excluding hydrogens is 370 g/mol. The summed E-state index contributed by atoms with van der Waals surface area (Å²) in [5.74, 6) is -0.578. The topological polar surface area (TPSA) is 122 Å². The number of carboxylic acids is 2. The SMILES string of the molecule is CC(=O)O.CC(=O)O.CC(=O)c1cc(-c2nccn2[C@@H]2CCCNC2)cs1. The molecule has 1 atom stereocenters. The summed E-state index contributed by atoms with van der Waals surface area (Å²) < 4.78 is 2.23. The largest absolute Gasteiger partial charge is 0.481 e. The van der Waals surface area contributed by atoms with Crippen molar-refractivity contribution in [2.24, 2.45) is 0 Å². The van der Waals surface area contributed by atoms with Gasteiger partial charge in [0, 0.05) is 49.8 Å². The van der Waals surface area contributed by atoms with E-state index in [0.717, 1.165) is 43.2 Å². The lowest BCUT2D eigenvalue weighted by Gasteiger charge is -2.25. The Kier molecular flexibility index (Phi) is 9.38. The molecule has 9 heteroatoms. The first-order valence-corrected chi connectivity index (χ1v) is 9.32. The van der Waals surface area contributed by atoms with E-state index in [2.05, 4.69) is 14.9 Å². The van der Waals surface area contributed by atoms with E-state index in [1.807, 2.05) is 23.8 Å². The normalized spacial score (nSPS) is 15.6. The lowest BCUT2D eigenvalue weighted by molar-refractivity contribution is -0.135. The summed E-state index contributed by atoms with van der Waals surface area (Å²) in [4.78, 5) is 34.7. The van der Waals surface area contributed by atoms with E-state index in [0.29, 0.717) is 6.04 Å². The quantitative estimate of drug-likeness (QED) is 0.683. The summed E-state index contributed by atoms with van der Waals surface area (Å²) in [6.45, 7) is 5.87. The average molecular weight is 395 g/mol. The molecule has 8 nitrogen and oxygen atoms in total. The van der Waals surface area contributed by atoms with Crippen molar-refractivity contribution in [1.82, 2.24) is 14.9 Å². The number of ketones is 1. The maximum absolute atomic E-state index is 11.4. The second-order valence-corrected chi connectivity index (χ2v) is 6.86. The molecule has 2 aromatic rings. The average Bonchev–Trinajstić information content (AvgIpc) is 3.24. The van der Waals surface area contributed by atoms with Gasteiger partial charge in [-0.05, 0) is 32.4 Å². The Balaban J connectivity index is 0.000000390. The maximum Gasteiger partial charge on any atom is 0.300 e. The van der Waals surface area contributed by atoms with Crippen LogP contribution in [-0.4, -0.2) is 50.6 Å². The standard InChI is InChI=1S/C14H17N3OS.2C2H4O2/c1-10(18)13-7-11(9-19-13)14-16-5-6-17(14)12-3-2-4-15-8-12;2*1-2(3)4/h5-7,9,12,15H,2-4,8H2,1H3;2*1H3,(H,3,4)/t12-;;/m1../s1. The summed E-state index contributed by atoms with van der Waals surface area (Å²) >= 11 is 1.49. The van der Waals surface area contributed by atoms with Gasteiger partial charge in [0.25, 0.3) is 11.9 Å². The Morgan fingerprint density at radius 3 is 2.33 bits per heavy atom. The molecule has 0 amide bonds. The number of imidazole rings is 1. The zero-order valence-corrected chi connectivity index (χ0v) is 16.5. The molecule has 0 bridgehead atoms. The van der Waals surface area contributed by atoms with Gasteiger partial charge in [-0.15, -0.1) is 11.3 Å². The maximum atomic E-state index is 11.4. The lowest BCUT2D eigenvalue weighted by Crippen LogP contribution is -2.31. The Morgan fingerprint density at radius 2 is 1.85 bits per heavy atom. The van der Waals surface area contributed by atoms with Crippen molar-refractivity contribution in [3.63, 3.8) is 0 Å². The fourth-order valence-electron chi connectivity index (χ4n) is 2.54. The Bertz CT molecular complexity index is 743. The summed E-state index contributed by atoms with van der Waals surface area (Å²) in [6.07, 6.45) is 6.26. The molecule has 0 aliphatic carbocycles. The van der Waals surface area contributed by atoms with E-state index < -0.39 is 11.9 Å². The Morgan fingerprint density at radius 1 is 1.22 bits per heavy atom. The molecule has 1 aliphatic heterocycles. The van der Waals surface area contributed by atoms with Crippen molar-refractivity contribution in [3.05, 3.63) is 28.7 Å². The van der Waals surface area contributed by atoms with Crippen LogP contribution in [0.1, 0.15) is 49.3 Å². The van der Waals surface area contributed by atoms with Crippen LogP contribution in [0.15, 0.2) is 23.8 Å². The van der Waals surface area contributed by atoms with Gasteiger partial charge in [0.1, 0.15) is 5.82 Å². The van der Waals surface area contributed by atoms with Crippen LogP contribution in [0.3, 0.4) is 0 Å². The van der Waals surface area contributed by atoms with E-state index in [-0.39, 0.29) is 5.78 Å². The van der Waals surface area contributed by atoms with Crippen molar-refractivity contribution in [2.75, 3.05) is 13.1 Å². The molecule has 27 heavy (non-hydrogen) atoms. The lowest BCUT2D eigenvalue weighted by atomic mass is 10.1. The highest BCUT2D eigenvalue weighted by molar-refractivity contribution is 7.12. The first-order chi connectivity index (χ1) is 12.7. The number of piperidine rings is 1. The molecule has 148 valence electrons. The van der Waals surface area contributed by atoms with Crippen molar-refractivity contribution < 1.29 is 24.6 Å². The second-order valence-electron chi connectivity index (χ2n) is 5.95. The van der Waals surface area contributed by atoms with Crippen molar-refractivity contribution in [1.29, 1.82) is 0 Å². The van der Waals surface area contributed by atoms with Gasteiger partial charge in [0.2, 0.25) is 0 Å². The van der Waals surface area contributed by atoms with Crippen LogP contribution in [-0.2, 0) is 9.59 Å². The molecule has 3 rings (SSSR count). The number of thiophene rings is 1. The van der Waals surface area contributed by atoms with Gasteiger partial charge in [-0.3, -0.25) is 14.4 Å². The molecule has 0 saturated carbocycles. The van der Waals surface area contributed by atoms with Gasteiger partial charge in [-0.2, -0.15) is 0 Å². The van der Waals surface area contributed by atoms with Crippen molar-refractivity contribution in [3.8, 4) is 11.4 Å². The van der Waals surface area contributed by atoms with Gasteiger partial charge >= 0.3 is 0 Å². The first kappa shape index (κ1) is 22.5. The smallest absolute Gasteiger partial charge is 0.300 e. The molecule has 0 aromatic carbocycles. The Labute approximate surface area is 161 Å². The van der Waals surface area contributed by atoms with Crippen LogP contribution in [0.4, 0.5) is 0 Å². The monoisotopic (exact) mass is 395 g/mol. The van der Waals surface area contributed by atoms with E-state index in [9.17, 15) is 4.79 Å². The number of hydrogen-bond donors (Lipinski definition) is 3. The van der Waals surface area contributed by atoms with Gasteiger partial charge < -0.3 is 20.1 Å². The molecular formula is C18H25N3O5S. The highest BCUT2D eigenvalue weighted by Crippen LogP contribution is 2.28. The minimum absolute atomic E-state index is 0.119. The molecule has 1 saturated heterocycles. The summed E-state index contributed by atoms with van der Waals surface area (Å²) in [7, 11) is 0. The number of rotatable bonds is 3. The molecule has 3 N–H and O–H groups in total. The summed E-state index contributed by atoms with van der Waals surface area (Å²) in [5, 5.41) is 20.3. The van der Waals surface area contributed by atoms with Crippen LogP contribution in [0.5, 0.6) is 0 Å². The van der Waals surface area contributed by atoms with Gasteiger partial charge in [-0.25, -0.2) is 4.98 Å². The molecule has 0 unspecified atom stereocenters. The van der Waals surface area contributed by atoms with E-state index >= 15 is 0 Å². The highest BCUT2D eigenvalue weighted by Gasteiger charge is 2.19. The van der Waals surface area contributed by atoms with Crippen LogP contribution in [0, 0.1) is 0 Å². The minimum Gasteiger partial charge on any atom is -0.481 e. The summed E-state index contributed by atoms with van der Waals surface area (Å²) in [5.41, 5.74) is 1.05. The van der Waals surface area contributed by atoms with Gasteiger partial charge in [0.05, 0.1) is 4.88 Å². The number of carboxylic acid groups (broad SMARTS) is 2. The number of nitrogens with one attached hydrogen (secondary N) is 1. The predicted octanol–water partition coefficient (Wildman–Crippen LogP) is 2.92. The molecule has 1 fully saturated rings. The van der Waals surface area contributed by atoms with Crippen molar-refractivity contribution >= 4 is 29.1 Å².